The molecule has 0 aromatic carbocycles. The molecule has 0 spiro atoms. The van der Waals surface area contributed by atoms with E-state index in [9.17, 15) is 0 Å². The zero-order valence-corrected chi connectivity index (χ0v) is 10.8. The van der Waals surface area contributed by atoms with Crippen molar-refractivity contribution < 1.29 is 31.1 Å². The van der Waals surface area contributed by atoms with Gasteiger partial charge in [-0.25, -0.2) is 0 Å². The normalized spacial score (nSPS) is 7.22. The van der Waals surface area contributed by atoms with Crippen LogP contribution in [0.15, 0.2) is 0 Å². The third-order valence-corrected chi connectivity index (χ3v) is 0.316. The Bertz CT molecular complexity index is 31.4. The SMILES string of the molecule is CC[N-]C.[B]N(C)C.[U]. The molecular weight excluding hydrogens is 337 g/mol. The second kappa shape index (κ2) is 16.0. The number of hydrogen-bond acceptors (Lipinski definition) is 1. The van der Waals surface area contributed by atoms with Gasteiger partial charge in [0.05, 0.1) is 0 Å². The van der Waals surface area contributed by atoms with Gasteiger partial charge in [0.2, 0.25) is 0 Å². The van der Waals surface area contributed by atoms with E-state index in [1.807, 2.05) is 6.92 Å². The Balaban J connectivity index is -0.0000000720. The largest absolute Gasteiger partial charge is 0.665 e. The first kappa shape index (κ1) is 16.6. The van der Waals surface area contributed by atoms with Crippen molar-refractivity contribution in [3.05, 3.63) is 5.32 Å². The van der Waals surface area contributed by atoms with Crippen LogP contribution in [0.1, 0.15) is 6.92 Å². The number of rotatable bonds is 1. The maximum Gasteiger partial charge on any atom is 0.181 e. The van der Waals surface area contributed by atoms with E-state index in [1.165, 1.54) is 4.81 Å². The molecule has 0 aliphatic rings. The minimum absolute atomic E-state index is 0. The zero-order chi connectivity index (χ0) is 6.99. The minimum Gasteiger partial charge on any atom is -0.665 e. The molecule has 0 rings (SSSR count). The summed E-state index contributed by atoms with van der Waals surface area (Å²) in [6, 6.07) is 0. The van der Waals surface area contributed by atoms with Crippen LogP contribution in [-0.2, 0) is 0 Å². The molecule has 0 atom stereocenters. The molecule has 0 saturated heterocycles. The van der Waals surface area contributed by atoms with Crippen molar-refractivity contribution in [1.82, 2.24) is 4.81 Å². The second-order valence-electron chi connectivity index (χ2n) is 1.60. The molecule has 0 aromatic heterocycles. The van der Waals surface area contributed by atoms with Crippen LogP contribution < -0.4 is 0 Å². The minimum atomic E-state index is 0. The molecule has 2 nitrogen and oxygen atoms in total. The van der Waals surface area contributed by atoms with Crippen LogP contribution in [0.2, 0.25) is 0 Å². The summed E-state index contributed by atoms with van der Waals surface area (Å²) in [4.78, 5) is 1.50. The van der Waals surface area contributed by atoms with Crippen LogP contribution in [0.5, 0.6) is 0 Å². The molecule has 0 aromatic rings. The molecule has 0 bridgehead atoms. The summed E-state index contributed by atoms with van der Waals surface area (Å²) >= 11 is 0. The van der Waals surface area contributed by atoms with Crippen molar-refractivity contribution in [2.45, 2.75) is 6.92 Å². The molecule has 0 heterocycles. The Morgan fingerprint density at radius 3 is 1.56 bits per heavy atom. The predicted octanol–water partition coefficient (Wildman–Crippen LogP) is 0.641. The van der Waals surface area contributed by atoms with E-state index in [0.717, 1.165) is 6.54 Å². The number of nitrogens with zero attached hydrogens (tertiary/aromatic N) is 2. The summed E-state index contributed by atoms with van der Waals surface area (Å²) in [5.41, 5.74) is 0. The standard InChI is InChI=1S/C3H8N.C2H6BN.U/c1-3-4-2;1-4(2)3;/h3H2,1-2H3;1-2H3;/q-1;;. The van der Waals surface area contributed by atoms with E-state index in [-0.39, 0.29) is 31.1 Å². The van der Waals surface area contributed by atoms with Gasteiger partial charge in [-0.3, -0.25) is 0 Å². The summed E-state index contributed by atoms with van der Waals surface area (Å²) in [5, 5.41) is 3.74. The molecule has 9 heavy (non-hydrogen) atoms. The molecule has 0 fully saturated rings. The van der Waals surface area contributed by atoms with Crippen LogP contribution in [0.25, 0.3) is 5.32 Å². The van der Waals surface area contributed by atoms with Crippen molar-refractivity contribution in [1.29, 1.82) is 0 Å². The maximum atomic E-state index is 4.94. The van der Waals surface area contributed by atoms with E-state index in [0.29, 0.717) is 0 Å². The first-order valence-corrected chi connectivity index (χ1v) is 2.62. The average Bonchev–Trinajstić information content (AvgIpc) is 1.65. The fourth-order valence-corrected chi connectivity index (χ4v) is 0. The van der Waals surface area contributed by atoms with Crippen molar-refractivity contribution in [2.24, 2.45) is 0 Å². The first-order valence-electron chi connectivity index (χ1n) is 2.62. The summed E-state index contributed by atoms with van der Waals surface area (Å²) in [7, 11) is 10.3. The molecule has 0 N–H and O–H groups in total. The van der Waals surface area contributed by atoms with Crippen LogP contribution >= 0.6 is 0 Å². The Morgan fingerprint density at radius 2 is 1.56 bits per heavy atom. The van der Waals surface area contributed by atoms with Gasteiger partial charge in [-0.15, -0.1) is 0 Å². The molecular formula is C5H14BN2U-. The Hall–Kier alpha value is 1.04. The van der Waals surface area contributed by atoms with Gasteiger partial charge in [0.1, 0.15) is 0 Å². The summed E-state index contributed by atoms with van der Waals surface area (Å²) in [6.45, 7) is 2.96. The van der Waals surface area contributed by atoms with Crippen molar-refractivity contribution >= 4 is 7.98 Å². The molecule has 52 valence electrons. The van der Waals surface area contributed by atoms with E-state index in [1.54, 1.807) is 21.1 Å². The Labute approximate surface area is 83.6 Å². The van der Waals surface area contributed by atoms with Crippen LogP contribution in [0, 0.1) is 31.1 Å². The number of hydrogen-bond donors (Lipinski definition) is 0. The Kier molecular flexibility index (Phi) is 29.5. The van der Waals surface area contributed by atoms with E-state index >= 15 is 0 Å². The molecule has 0 amide bonds. The van der Waals surface area contributed by atoms with Crippen LogP contribution in [0.4, 0.5) is 0 Å². The monoisotopic (exact) mass is 351 g/mol. The van der Waals surface area contributed by atoms with Crippen LogP contribution in [-0.4, -0.2) is 40.5 Å². The topological polar surface area (TPSA) is 17.3 Å². The predicted molar refractivity (Wildman–Crippen MR) is 39.3 cm³/mol. The summed E-state index contributed by atoms with van der Waals surface area (Å²) in [6.07, 6.45) is 0. The molecule has 0 aliphatic heterocycles. The molecule has 4 heteroatoms. The Morgan fingerprint density at radius 1 is 1.44 bits per heavy atom. The maximum absolute atomic E-state index is 4.94. The van der Waals surface area contributed by atoms with Crippen molar-refractivity contribution in [3.8, 4) is 0 Å². The van der Waals surface area contributed by atoms with Gasteiger partial charge < -0.3 is 10.1 Å². The van der Waals surface area contributed by atoms with Crippen molar-refractivity contribution in [3.63, 3.8) is 0 Å². The third-order valence-electron chi connectivity index (χ3n) is 0.316. The van der Waals surface area contributed by atoms with Gasteiger partial charge in [0, 0.05) is 31.1 Å². The van der Waals surface area contributed by atoms with E-state index in [4.69, 9.17) is 7.98 Å². The molecule has 0 saturated carbocycles. The van der Waals surface area contributed by atoms with E-state index in [2.05, 4.69) is 5.32 Å². The third kappa shape index (κ3) is 108. The van der Waals surface area contributed by atoms with Gasteiger partial charge in [0.25, 0.3) is 0 Å². The van der Waals surface area contributed by atoms with Gasteiger partial charge in [-0.2, -0.15) is 13.6 Å². The van der Waals surface area contributed by atoms with Gasteiger partial charge >= 0.3 is 0 Å². The smallest absolute Gasteiger partial charge is 0.181 e. The second-order valence-corrected chi connectivity index (χ2v) is 1.60. The van der Waals surface area contributed by atoms with Gasteiger partial charge in [0.15, 0.2) is 7.98 Å². The molecule has 0 unspecified atom stereocenters. The fourth-order valence-electron chi connectivity index (χ4n) is 0. The van der Waals surface area contributed by atoms with Gasteiger partial charge in [-0.05, 0) is 14.1 Å². The summed E-state index contributed by atoms with van der Waals surface area (Å²) in [5.74, 6) is 0. The van der Waals surface area contributed by atoms with E-state index < -0.39 is 0 Å². The summed E-state index contributed by atoms with van der Waals surface area (Å²) < 4.78 is 0. The quantitative estimate of drug-likeness (QED) is 0.634. The molecule has 0 aliphatic carbocycles. The van der Waals surface area contributed by atoms with Crippen molar-refractivity contribution in [2.75, 3.05) is 27.7 Å². The van der Waals surface area contributed by atoms with Crippen LogP contribution in [0.3, 0.4) is 0 Å². The van der Waals surface area contributed by atoms with Gasteiger partial charge in [-0.1, -0.05) is 6.92 Å². The molecule has 2 radical (unpaired) electrons. The first-order chi connectivity index (χ1) is 3.65. The zero-order valence-electron chi connectivity index (χ0n) is 6.68. The fraction of sp³-hybridized carbons (Fsp3) is 1.00. The average molecular weight is 351 g/mol.